The van der Waals surface area contributed by atoms with Gasteiger partial charge in [-0.2, -0.15) is 0 Å². The van der Waals surface area contributed by atoms with Gasteiger partial charge in [-0.05, 0) is 31.1 Å². The number of carboxylic acids is 1. The van der Waals surface area contributed by atoms with Crippen LogP contribution in [0.25, 0.3) is 0 Å². The van der Waals surface area contributed by atoms with Gasteiger partial charge < -0.3 is 20.7 Å². The van der Waals surface area contributed by atoms with Gasteiger partial charge in [0, 0.05) is 24.4 Å². The number of nitrogens with zero attached hydrogens (tertiary/aromatic N) is 1. The van der Waals surface area contributed by atoms with E-state index in [0.29, 0.717) is 11.6 Å². The molecule has 1 aromatic heterocycles. The zero-order chi connectivity index (χ0) is 14.8. The summed E-state index contributed by atoms with van der Waals surface area (Å²) in [5, 5.41) is 14.7. The molecule has 0 aromatic carbocycles. The van der Waals surface area contributed by atoms with Gasteiger partial charge in [0.1, 0.15) is 6.04 Å². The van der Waals surface area contributed by atoms with Crippen molar-refractivity contribution in [2.45, 2.75) is 44.2 Å². The zero-order valence-corrected chi connectivity index (χ0v) is 11.7. The second-order valence-electron chi connectivity index (χ2n) is 6.07. The molecule has 1 aromatic rings. The lowest BCUT2D eigenvalue weighted by Crippen LogP contribution is -2.50. The molecule has 4 atom stereocenters. The molecule has 7 heteroatoms. The summed E-state index contributed by atoms with van der Waals surface area (Å²) >= 11 is 0. The van der Waals surface area contributed by atoms with Gasteiger partial charge >= 0.3 is 12.0 Å². The molecule has 3 rings (SSSR count). The molecule has 2 amide bonds. The number of H-pyrrole nitrogens is 1. The maximum absolute atomic E-state index is 12.0. The van der Waals surface area contributed by atoms with Crippen LogP contribution in [-0.2, 0) is 11.2 Å². The molecular weight excluding hydrogens is 272 g/mol. The van der Waals surface area contributed by atoms with Crippen LogP contribution in [0.1, 0.15) is 31.4 Å². The van der Waals surface area contributed by atoms with Crippen molar-refractivity contribution in [2.24, 2.45) is 11.8 Å². The number of aromatic nitrogens is 2. The fraction of sp³-hybridized carbons (Fsp3) is 0.643. The molecular formula is C14H20N4O3. The molecule has 0 spiro atoms. The van der Waals surface area contributed by atoms with Gasteiger partial charge in [-0.25, -0.2) is 14.6 Å². The van der Waals surface area contributed by atoms with E-state index < -0.39 is 12.0 Å². The van der Waals surface area contributed by atoms with Crippen LogP contribution >= 0.6 is 0 Å². The third-order valence-corrected chi connectivity index (χ3v) is 4.64. The van der Waals surface area contributed by atoms with E-state index in [-0.39, 0.29) is 18.5 Å². The number of aromatic amines is 1. The van der Waals surface area contributed by atoms with Gasteiger partial charge in [0.15, 0.2) is 0 Å². The van der Waals surface area contributed by atoms with E-state index in [1.807, 2.05) is 0 Å². The number of carbonyl (C=O) groups excluding carboxylic acids is 1. The average Bonchev–Trinajstić information content (AvgIpc) is 3.14. The molecule has 2 bridgehead atoms. The van der Waals surface area contributed by atoms with Crippen molar-refractivity contribution in [3.63, 3.8) is 0 Å². The number of rotatable bonds is 5. The largest absolute Gasteiger partial charge is 0.480 e. The highest BCUT2D eigenvalue weighted by molar-refractivity contribution is 5.82. The normalized spacial score (nSPS) is 28.3. The summed E-state index contributed by atoms with van der Waals surface area (Å²) < 4.78 is 0. The van der Waals surface area contributed by atoms with Crippen LogP contribution in [0, 0.1) is 11.8 Å². The smallest absolute Gasteiger partial charge is 0.326 e. The predicted molar refractivity (Wildman–Crippen MR) is 74.6 cm³/mol. The molecule has 7 nitrogen and oxygen atoms in total. The highest BCUT2D eigenvalue weighted by atomic mass is 16.4. The number of amides is 2. The number of imidazole rings is 1. The van der Waals surface area contributed by atoms with Gasteiger partial charge in [-0.1, -0.05) is 6.42 Å². The number of urea groups is 1. The summed E-state index contributed by atoms with van der Waals surface area (Å²) in [6, 6.07) is -1.14. The van der Waals surface area contributed by atoms with Gasteiger partial charge in [-0.15, -0.1) is 0 Å². The molecule has 0 saturated heterocycles. The highest BCUT2D eigenvalue weighted by Gasteiger charge is 2.40. The minimum atomic E-state index is -1.05. The van der Waals surface area contributed by atoms with Gasteiger partial charge in [-0.3, -0.25) is 0 Å². The topological polar surface area (TPSA) is 107 Å². The lowest BCUT2D eigenvalue weighted by Gasteiger charge is -2.24. The number of fused-ring (bicyclic) bond motifs is 2. The van der Waals surface area contributed by atoms with Crippen molar-refractivity contribution in [3.8, 4) is 0 Å². The van der Waals surface area contributed by atoms with Crippen molar-refractivity contribution in [1.29, 1.82) is 0 Å². The summed E-state index contributed by atoms with van der Waals surface area (Å²) in [6.07, 6.45) is 7.90. The Morgan fingerprint density at radius 1 is 1.43 bits per heavy atom. The van der Waals surface area contributed by atoms with Crippen molar-refractivity contribution >= 4 is 12.0 Å². The molecule has 3 unspecified atom stereocenters. The molecule has 4 N–H and O–H groups in total. The minimum absolute atomic E-state index is 0.194. The predicted octanol–water partition coefficient (Wildman–Crippen LogP) is 0.893. The molecule has 2 aliphatic rings. The minimum Gasteiger partial charge on any atom is -0.480 e. The van der Waals surface area contributed by atoms with E-state index in [1.54, 1.807) is 6.20 Å². The van der Waals surface area contributed by atoms with Gasteiger partial charge in [0.05, 0.1) is 6.33 Å². The zero-order valence-electron chi connectivity index (χ0n) is 11.7. The first-order chi connectivity index (χ1) is 10.1. The SMILES string of the molecule is O=C(NC1CC2CCC1C2)N[C@@H](Cc1cnc[nH]1)C(=O)O. The quantitative estimate of drug-likeness (QED) is 0.646. The molecule has 2 aliphatic carbocycles. The Balaban J connectivity index is 1.53. The van der Waals surface area contributed by atoms with Crippen LogP contribution in [0.3, 0.4) is 0 Å². The molecule has 0 aliphatic heterocycles. The Hall–Kier alpha value is -2.05. The molecule has 2 saturated carbocycles. The second-order valence-corrected chi connectivity index (χ2v) is 6.07. The first kappa shape index (κ1) is 13.9. The van der Waals surface area contributed by atoms with Crippen LogP contribution in [-0.4, -0.2) is 39.2 Å². The third kappa shape index (κ3) is 3.17. The number of aliphatic carboxylic acids is 1. The third-order valence-electron chi connectivity index (χ3n) is 4.64. The number of hydrogen-bond acceptors (Lipinski definition) is 3. The van der Waals surface area contributed by atoms with E-state index in [0.717, 1.165) is 12.3 Å². The molecule has 114 valence electrons. The summed E-state index contributed by atoms with van der Waals surface area (Å²) in [7, 11) is 0. The van der Waals surface area contributed by atoms with E-state index in [9.17, 15) is 14.7 Å². The fourth-order valence-corrected chi connectivity index (χ4v) is 3.61. The van der Waals surface area contributed by atoms with Crippen LogP contribution in [0.2, 0.25) is 0 Å². The lowest BCUT2D eigenvalue weighted by atomic mass is 9.95. The Bertz CT molecular complexity index is 516. The first-order valence-electron chi connectivity index (χ1n) is 7.39. The summed E-state index contributed by atoms with van der Waals surface area (Å²) in [6.45, 7) is 0. The molecule has 2 fully saturated rings. The Morgan fingerprint density at radius 3 is 2.86 bits per heavy atom. The summed E-state index contributed by atoms with van der Waals surface area (Å²) in [5.41, 5.74) is 0.683. The monoisotopic (exact) mass is 292 g/mol. The average molecular weight is 292 g/mol. The van der Waals surface area contributed by atoms with Gasteiger partial charge in [0.2, 0.25) is 0 Å². The van der Waals surface area contributed by atoms with Gasteiger partial charge in [0.25, 0.3) is 0 Å². The second kappa shape index (κ2) is 5.75. The maximum atomic E-state index is 12.0. The Kier molecular flexibility index (Phi) is 3.81. The molecule has 0 radical (unpaired) electrons. The highest BCUT2D eigenvalue weighted by Crippen LogP contribution is 2.44. The van der Waals surface area contributed by atoms with E-state index in [1.165, 1.54) is 25.6 Å². The van der Waals surface area contributed by atoms with Crippen LogP contribution in [0.4, 0.5) is 4.79 Å². The van der Waals surface area contributed by atoms with Crippen LogP contribution < -0.4 is 10.6 Å². The maximum Gasteiger partial charge on any atom is 0.326 e. The fourth-order valence-electron chi connectivity index (χ4n) is 3.61. The van der Waals surface area contributed by atoms with E-state index in [4.69, 9.17) is 0 Å². The summed E-state index contributed by atoms with van der Waals surface area (Å²) in [4.78, 5) is 29.9. The van der Waals surface area contributed by atoms with E-state index >= 15 is 0 Å². The summed E-state index contributed by atoms with van der Waals surface area (Å²) in [5.74, 6) is 0.255. The van der Waals surface area contributed by atoms with Crippen molar-refractivity contribution < 1.29 is 14.7 Å². The number of hydrogen-bond donors (Lipinski definition) is 4. The van der Waals surface area contributed by atoms with Crippen LogP contribution in [0.5, 0.6) is 0 Å². The Morgan fingerprint density at radius 2 is 2.29 bits per heavy atom. The number of carboxylic acid groups (broad SMARTS) is 1. The molecule has 21 heavy (non-hydrogen) atoms. The molecule has 1 heterocycles. The standard InChI is InChI=1S/C14H20N4O3/c19-13(20)12(5-10-6-15-7-16-10)18-14(21)17-11-4-8-1-2-9(11)3-8/h6-9,11-12H,1-5H2,(H,15,16)(H,19,20)(H2,17,18,21)/t8?,9?,11?,12-/m0/s1. The van der Waals surface area contributed by atoms with Crippen LogP contribution in [0.15, 0.2) is 12.5 Å². The lowest BCUT2D eigenvalue weighted by molar-refractivity contribution is -0.139. The van der Waals surface area contributed by atoms with Crippen molar-refractivity contribution in [1.82, 2.24) is 20.6 Å². The number of nitrogens with one attached hydrogen (secondary N) is 3. The van der Waals surface area contributed by atoms with Crippen molar-refractivity contribution in [2.75, 3.05) is 0 Å². The first-order valence-corrected chi connectivity index (χ1v) is 7.39. The van der Waals surface area contributed by atoms with E-state index in [2.05, 4.69) is 20.6 Å². The Labute approximate surface area is 122 Å². The number of carbonyl (C=O) groups is 2. The van der Waals surface area contributed by atoms with Crippen molar-refractivity contribution in [3.05, 3.63) is 18.2 Å².